The number of alkyl halides is 1. The zero-order valence-corrected chi connectivity index (χ0v) is 20.5. The molecule has 1 aliphatic heterocycles. The Hall–Kier alpha value is -1.81. The lowest BCUT2D eigenvalue weighted by molar-refractivity contribution is -0.306. The normalized spacial score (nSPS) is 25.1. The van der Waals surface area contributed by atoms with Crippen molar-refractivity contribution in [3.63, 3.8) is 0 Å². The van der Waals surface area contributed by atoms with Crippen molar-refractivity contribution in [2.75, 3.05) is 4.43 Å². The quantitative estimate of drug-likeness (QED) is 0.283. The molecule has 0 aromatic heterocycles. The van der Waals surface area contributed by atoms with E-state index >= 15 is 0 Å². The molecule has 0 aliphatic carbocycles. The molecular weight excluding hydrogens is 531 g/mol. The van der Waals surface area contributed by atoms with E-state index in [1.54, 1.807) is 0 Å². The third-order valence-electron chi connectivity index (χ3n) is 5.62. The second-order valence-electron chi connectivity index (χ2n) is 8.00. The molecule has 1 N–H and O–H groups in total. The van der Waals surface area contributed by atoms with Crippen LogP contribution in [0.25, 0.3) is 0 Å². The number of rotatable bonds is 10. The van der Waals surface area contributed by atoms with E-state index in [4.69, 9.17) is 18.9 Å². The lowest BCUT2D eigenvalue weighted by Gasteiger charge is -2.44. The van der Waals surface area contributed by atoms with Crippen LogP contribution >= 0.6 is 22.6 Å². The van der Waals surface area contributed by atoms with Crippen LogP contribution in [0.3, 0.4) is 0 Å². The standard InChI is InChI=1S/C27H29IO5/c28-16-23-24(30-17-20-10-4-1-5-11-20)25(31-18-21-12-6-2-7-13-21)26(27(29)33-23)32-19-22-14-8-3-9-15-22/h1-15,23-27,29H,16-19H2/t23-,24-,25+,26+,27+/m1/s1. The van der Waals surface area contributed by atoms with Crippen molar-refractivity contribution >= 4 is 22.6 Å². The van der Waals surface area contributed by atoms with Gasteiger partial charge in [0, 0.05) is 4.43 Å². The summed E-state index contributed by atoms with van der Waals surface area (Å²) in [7, 11) is 0. The van der Waals surface area contributed by atoms with Gasteiger partial charge in [-0.05, 0) is 16.7 Å². The number of aliphatic hydroxyl groups is 1. The summed E-state index contributed by atoms with van der Waals surface area (Å²) in [6.07, 6.45) is -3.00. The average Bonchev–Trinajstić information content (AvgIpc) is 2.87. The van der Waals surface area contributed by atoms with E-state index < -0.39 is 24.6 Å². The Labute approximate surface area is 208 Å². The highest BCUT2D eigenvalue weighted by molar-refractivity contribution is 14.1. The molecule has 3 aromatic rings. The fourth-order valence-corrected chi connectivity index (χ4v) is 4.60. The maximum absolute atomic E-state index is 10.8. The van der Waals surface area contributed by atoms with Gasteiger partial charge in [-0.25, -0.2) is 0 Å². The fourth-order valence-electron chi connectivity index (χ4n) is 3.89. The number of hydrogen-bond donors (Lipinski definition) is 1. The van der Waals surface area contributed by atoms with Crippen molar-refractivity contribution in [3.8, 4) is 0 Å². The first kappa shape index (κ1) is 24.3. The van der Waals surface area contributed by atoms with Crippen LogP contribution in [0.15, 0.2) is 91.0 Å². The van der Waals surface area contributed by atoms with Gasteiger partial charge in [-0.3, -0.25) is 0 Å². The van der Waals surface area contributed by atoms with Crippen LogP contribution in [-0.2, 0) is 38.8 Å². The molecule has 4 rings (SSSR count). The minimum absolute atomic E-state index is 0.318. The maximum Gasteiger partial charge on any atom is 0.184 e. The molecule has 5 atom stereocenters. The summed E-state index contributed by atoms with van der Waals surface area (Å²) in [6, 6.07) is 29.9. The Morgan fingerprint density at radius 1 is 0.606 bits per heavy atom. The van der Waals surface area contributed by atoms with Crippen molar-refractivity contribution in [1.29, 1.82) is 0 Å². The number of hydrogen-bond acceptors (Lipinski definition) is 5. The van der Waals surface area contributed by atoms with Gasteiger partial charge in [0.1, 0.15) is 18.3 Å². The van der Waals surface area contributed by atoms with Crippen molar-refractivity contribution in [1.82, 2.24) is 0 Å². The Morgan fingerprint density at radius 2 is 1.00 bits per heavy atom. The minimum atomic E-state index is -1.11. The second kappa shape index (κ2) is 12.6. The average molecular weight is 560 g/mol. The largest absolute Gasteiger partial charge is 0.368 e. The van der Waals surface area contributed by atoms with Gasteiger partial charge in [0.25, 0.3) is 0 Å². The Balaban J connectivity index is 1.53. The molecule has 0 spiro atoms. The van der Waals surface area contributed by atoms with E-state index in [1.807, 2.05) is 91.0 Å². The van der Waals surface area contributed by atoms with Crippen molar-refractivity contribution in [3.05, 3.63) is 108 Å². The maximum atomic E-state index is 10.8. The highest BCUT2D eigenvalue weighted by Gasteiger charge is 2.47. The highest BCUT2D eigenvalue weighted by atomic mass is 127. The van der Waals surface area contributed by atoms with Gasteiger partial charge in [0.15, 0.2) is 6.29 Å². The molecule has 0 amide bonds. The molecule has 1 fully saturated rings. The fraction of sp³-hybridized carbons (Fsp3) is 0.333. The molecule has 1 saturated heterocycles. The zero-order chi connectivity index (χ0) is 22.9. The molecule has 33 heavy (non-hydrogen) atoms. The summed E-state index contributed by atoms with van der Waals surface area (Å²) in [6.45, 7) is 1.16. The third-order valence-corrected chi connectivity index (χ3v) is 6.49. The number of aliphatic hydroxyl groups excluding tert-OH is 1. The van der Waals surface area contributed by atoms with Gasteiger partial charge < -0.3 is 24.1 Å². The molecule has 1 aliphatic rings. The first-order valence-electron chi connectivity index (χ1n) is 11.1. The van der Waals surface area contributed by atoms with Gasteiger partial charge in [0.05, 0.1) is 25.9 Å². The molecule has 5 nitrogen and oxygen atoms in total. The van der Waals surface area contributed by atoms with Crippen molar-refractivity contribution < 1.29 is 24.1 Å². The number of halogens is 1. The first-order valence-corrected chi connectivity index (χ1v) is 12.6. The van der Waals surface area contributed by atoms with E-state index in [0.29, 0.717) is 24.2 Å². The lowest BCUT2D eigenvalue weighted by Crippen LogP contribution is -2.60. The molecule has 0 radical (unpaired) electrons. The van der Waals surface area contributed by atoms with Gasteiger partial charge >= 0.3 is 0 Å². The molecule has 3 aromatic carbocycles. The van der Waals surface area contributed by atoms with E-state index in [-0.39, 0.29) is 6.10 Å². The highest BCUT2D eigenvalue weighted by Crippen LogP contribution is 2.30. The SMILES string of the molecule is O[C@H]1O[C@H](CI)[C@@H](OCc2ccccc2)[C@H](OCc2ccccc2)[C@@H]1OCc1ccccc1. The summed E-state index contributed by atoms with van der Waals surface area (Å²) < 4.78 is 25.5. The van der Waals surface area contributed by atoms with Crippen LogP contribution in [0.2, 0.25) is 0 Å². The van der Waals surface area contributed by atoms with Crippen molar-refractivity contribution in [2.45, 2.75) is 50.5 Å². The van der Waals surface area contributed by atoms with Crippen LogP contribution in [0.1, 0.15) is 16.7 Å². The molecule has 0 saturated carbocycles. The van der Waals surface area contributed by atoms with Crippen LogP contribution in [0.4, 0.5) is 0 Å². The molecule has 1 heterocycles. The second-order valence-corrected chi connectivity index (χ2v) is 8.88. The monoisotopic (exact) mass is 560 g/mol. The predicted molar refractivity (Wildman–Crippen MR) is 135 cm³/mol. The van der Waals surface area contributed by atoms with Crippen LogP contribution < -0.4 is 0 Å². The van der Waals surface area contributed by atoms with Gasteiger partial charge in [-0.2, -0.15) is 0 Å². The lowest BCUT2D eigenvalue weighted by atomic mass is 9.98. The smallest absolute Gasteiger partial charge is 0.184 e. The van der Waals surface area contributed by atoms with Crippen LogP contribution in [0, 0.1) is 0 Å². The van der Waals surface area contributed by atoms with Gasteiger partial charge in [-0.15, -0.1) is 0 Å². The van der Waals surface area contributed by atoms with Gasteiger partial charge in [0.2, 0.25) is 0 Å². The summed E-state index contributed by atoms with van der Waals surface area (Å²) in [5.74, 6) is 0. The summed E-state index contributed by atoms with van der Waals surface area (Å²) in [5, 5.41) is 10.8. The zero-order valence-electron chi connectivity index (χ0n) is 18.3. The Kier molecular flexibility index (Phi) is 9.28. The van der Waals surface area contributed by atoms with E-state index in [9.17, 15) is 5.11 Å². The van der Waals surface area contributed by atoms with Gasteiger partial charge in [-0.1, -0.05) is 114 Å². The van der Waals surface area contributed by atoms with Crippen molar-refractivity contribution in [2.24, 2.45) is 0 Å². The first-order chi connectivity index (χ1) is 16.2. The minimum Gasteiger partial charge on any atom is -0.368 e. The van der Waals surface area contributed by atoms with Crippen LogP contribution in [-0.4, -0.2) is 40.2 Å². The van der Waals surface area contributed by atoms with Crippen LogP contribution in [0.5, 0.6) is 0 Å². The summed E-state index contributed by atoms with van der Waals surface area (Å²) in [5.41, 5.74) is 3.14. The molecule has 174 valence electrons. The summed E-state index contributed by atoms with van der Waals surface area (Å²) in [4.78, 5) is 0. The van der Waals surface area contributed by atoms with E-state index in [0.717, 1.165) is 16.7 Å². The molecular formula is C27H29IO5. The Morgan fingerprint density at radius 3 is 1.42 bits per heavy atom. The Bertz CT molecular complexity index is 941. The molecule has 0 unspecified atom stereocenters. The van der Waals surface area contributed by atoms with E-state index in [2.05, 4.69) is 22.6 Å². The molecule has 6 heteroatoms. The third kappa shape index (κ3) is 6.85. The summed E-state index contributed by atoms with van der Waals surface area (Å²) >= 11 is 2.26. The molecule has 0 bridgehead atoms. The van der Waals surface area contributed by atoms with E-state index in [1.165, 1.54) is 0 Å². The number of ether oxygens (including phenoxy) is 4. The predicted octanol–water partition coefficient (Wildman–Crippen LogP) is 4.89. The number of benzene rings is 3. The topological polar surface area (TPSA) is 57.2 Å².